The van der Waals surface area contributed by atoms with Crippen molar-refractivity contribution in [1.82, 2.24) is 4.31 Å². The molecule has 1 heterocycles. The molecule has 1 aliphatic heterocycles. The van der Waals surface area contributed by atoms with Gasteiger partial charge in [0.2, 0.25) is 10.0 Å². The smallest absolute Gasteiger partial charge is 0.207 e. The summed E-state index contributed by atoms with van der Waals surface area (Å²) in [5, 5.41) is 2.70. The molecule has 0 unspecified atom stereocenters. The number of sulfonamides is 1. The largest absolute Gasteiger partial charge is 0.243 e. The summed E-state index contributed by atoms with van der Waals surface area (Å²) < 4.78 is 29.4. The van der Waals surface area contributed by atoms with Gasteiger partial charge in [-0.1, -0.05) is 116 Å². The van der Waals surface area contributed by atoms with Gasteiger partial charge in [-0.05, 0) is 42.0 Å². The summed E-state index contributed by atoms with van der Waals surface area (Å²) in [4.78, 5) is 0.378. The van der Waals surface area contributed by atoms with Crippen LogP contribution in [-0.4, -0.2) is 33.9 Å². The third-order valence-electron chi connectivity index (χ3n) is 7.73. The molecule has 0 aliphatic carbocycles. The molecule has 0 radical (unpaired) electrons. The first kappa shape index (κ1) is 25.6. The second kappa shape index (κ2) is 9.88. The molecule has 184 valence electrons. The molecule has 3 aromatic rings. The van der Waals surface area contributed by atoms with Gasteiger partial charge in [0.1, 0.15) is 8.07 Å². The molecular weight excluding hydrogens is 466 g/mol. The molecule has 0 amide bonds. The predicted octanol–water partition coefficient (Wildman–Crippen LogP) is 5.63. The van der Waals surface area contributed by atoms with E-state index in [9.17, 15) is 8.42 Å². The van der Waals surface area contributed by atoms with Gasteiger partial charge in [-0.25, -0.2) is 8.42 Å². The number of benzene rings is 3. The predicted molar refractivity (Wildman–Crippen MR) is 150 cm³/mol. The van der Waals surface area contributed by atoms with Crippen LogP contribution in [0.25, 0.3) is 0 Å². The summed E-state index contributed by atoms with van der Waals surface area (Å²) in [7, 11) is -6.09. The van der Waals surface area contributed by atoms with E-state index in [1.165, 1.54) is 10.4 Å². The van der Waals surface area contributed by atoms with E-state index in [4.69, 9.17) is 0 Å². The van der Waals surface area contributed by atoms with E-state index < -0.39 is 18.1 Å². The molecule has 5 heteroatoms. The van der Waals surface area contributed by atoms with E-state index in [-0.39, 0.29) is 16.5 Å². The molecule has 0 bridgehead atoms. The average Bonchev–Trinajstić information content (AvgIpc) is 3.25. The van der Waals surface area contributed by atoms with Crippen molar-refractivity contribution in [2.45, 2.75) is 49.6 Å². The van der Waals surface area contributed by atoms with Crippen LogP contribution < -0.4 is 10.4 Å². The highest BCUT2D eigenvalue weighted by atomic mass is 32.2. The Bertz CT molecular complexity index is 1210. The first-order chi connectivity index (χ1) is 16.6. The number of hydrogen-bond acceptors (Lipinski definition) is 2. The van der Waals surface area contributed by atoms with Crippen molar-refractivity contribution in [3.63, 3.8) is 0 Å². The van der Waals surface area contributed by atoms with Crippen LogP contribution in [0.3, 0.4) is 0 Å². The number of rotatable bonds is 7. The molecule has 35 heavy (non-hydrogen) atoms. The topological polar surface area (TPSA) is 37.4 Å². The summed E-state index contributed by atoms with van der Waals surface area (Å²) in [5.41, 5.74) is 1.27. The van der Waals surface area contributed by atoms with E-state index in [2.05, 4.69) is 88.0 Å². The fourth-order valence-corrected chi connectivity index (χ4v) is 14.8. The summed E-state index contributed by atoms with van der Waals surface area (Å²) in [5.74, 6) is 0.207. The van der Waals surface area contributed by atoms with Crippen molar-refractivity contribution in [1.29, 1.82) is 0 Å². The number of aryl methyl sites for hydroxylation is 1. The van der Waals surface area contributed by atoms with Crippen molar-refractivity contribution in [2.24, 2.45) is 5.92 Å². The zero-order valence-electron chi connectivity index (χ0n) is 21.3. The van der Waals surface area contributed by atoms with E-state index in [1.807, 2.05) is 25.1 Å². The maximum Gasteiger partial charge on any atom is 0.243 e. The van der Waals surface area contributed by atoms with Crippen LogP contribution in [0.1, 0.15) is 32.8 Å². The van der Waals surface area contributed by atoms with Crippen molar-refractivity contribution in [3.05, 3.63) is 103 Å². The number of allylic oxidation sites excluding steroid dienone is 1. The van der Waals surface area contributed by atoms with Gasteiger partial charge in [-0.3, -0.25) is 0 Å². The van der Waals surface area contributed by atoms with Gasteiger partial charge in [-0.15, -0.1) is 6.58 Å². The van der Waals surface area contributed by atoms with Crippen LogP contribution in [-0.2, 0) is 10.0 Å². The molecule has 1 fully saturated rings. The minimum atomic E-state index is -3.59. The second-order valence-electron chi connectivity index (χ2n) is 10.8. The maximum atomic E-state index is 13.8. The van der Waals surface area contributed by atoms with Crippen molar-refractivity contribution in [3.8, 4) is 0 Å². The SMILES string of the molecule is C=CC[C@H]1CN(S(=O)(=O)c2ccc(C)cc2)C[C@@H]1[Si](c1ccccc1)(c1ccccc1)C(C)(C)C. The third kappa shape index (κ3) is 4.57. The van der Waals surface area contributed by atoms with Crippen LogP contribution in [0.5, 0.6) is 0 Å². The lowest BCUT2D eigenvalue weighted by Crippen LogP contribution is -2.68. The van der Waals surface area contributed by atoms with Crippen LogP contribution in [0.2, 0.25) is 10.6 Å². The van der Waals surface area contributed by atoms with E-state index in [0.29, 0.717) is 18.0 Å². The molecule has 1 saturated heterocycles. The molecule has 3 nitrogen and oxygen atoms in total. The molecule has 0 spiro atoms. The van der Waals surface area contributed by atoms with Gasteiger partial charge in [0.25, 0.3) is 0 Å². The van der Waals surface area contributed by atoms with E-state index >= 15 is 0 Å². The highest BCUT2D eigenvalue weighted by Crippen LogP contribution is 2.50. The zero-order valence-corrected chi connectivity index (χ0v) is 23.1. The second-order valence-corrected chi connectivity index (χ2v) is 17.8. The van der Waals surface area contributed by atoms with Crippen LogP contribution >= 0.6 is 0 Å². The molecule has 0 aromatic heterocycles. The number of nitrogens with zero attached hydrogens (tertiary/aromatic N) is 1. The Balaban J connectivity index is 1.91. The molecule has 0 N–H and O–H groups in total. The fourth-order valence-electron chi connectivity index (χ4n) is 6.25. The van der Waals surface area contributed by atoms with Gasteiger partial charge in [0, 0.05) is 13.1 Å². The number of hydrogen-bond donors (Lipinski definition) is 0. The van der Waals surface area contributed by atoms with Crippen LogP contribution in [0, 0.1) is 12.8 Å². The van der Waals surface area contributed by atoms with E-state index in [0.717, 1.165) is 12.0 Å². The minimum absolute atomic E-state index is 0.0383. The summed E-state index contributed by atoms with van der Waals surface area (Å²) in [6.45, 7) is 14.1. The van der Waals surface area contributed by atoms with Crippen molar-refractivity contribution >= 4 is 28.5 Å². The molecule has 1 aliphatic rings. The fraction of sp³-hybridized carbons (Fsp3) is 0.333. The lowest BCUT2D eigenvalue weighted by Gasteiger charge is -2.50. The lowest BCUT2D eigenvalue weighted by molar-refractivity contribution is 0.458. The van der Waals surface area contributed by atoms with Gasteiger partial charge in [-0.2, -0.15) is 4.31 Å². The van der Waals surface area contributed by atoms with Gasteiger partial charge in [0.15, 0.2) is 0 Å². The summed E-state index contributed by atoms with van der Waals surface area (Å²) in [6.07, 6.45) is 2.77. The Labute approximate surface area is 212 Å². The van der Waals surface area contributed by atoms with Crippen LogP contribution in [0.15, 0.2) is 102 Å². The van der Waals surface area contributed by atoms with Gasteiger partial charge >= 0.3 is 0 Å². The molecular formula is C30H37NO2SSi. The Morgan fingerprint density at radius 2 is 1.40 bits per heavy atom. The average molecular weight is 504 g/mol. The van der Waals surface area contributed by atoms with Gasteiger partial charge in [0.05, 0.1) is 4.90 Å². The summed E-state index contributed by atoms with van der Waals surface area (Å²) in [6, 6.07) is 29.0. The Morgan fingerprint density at radius 1 is 0.886 bits per heavy atom. The standard InChI is InChI=1S/C30H37NO2SSi/c1-6-13-25-22-31(34(32,33)26-20-18-24(2)19-21-26)23-29(25)35(30(3,4)5,27-14-9-7-10-15-27)28-16-11-8-12-17-28/h6-12,14-21,25,29H,1,13,22-23H2,2-5H3/t25-,29-/m0/s1. The lowest BCUT2D eigenvalue weighted by atomic mass is 10.0. The Morgan fingerprint density at radius 3 is 1.86 bits per heavy atom. The molecule has 2 atom stereocenters. The van der Waals surface area contributed by atoms with Crippen molar-refractivity contribution in [2.75, 3.05) is 13.1 Å². The minimum Gasteiger partial charge on any atom is -0.207 e. The molecule has 3 aromatic carbocycles. The normalized spacial score (nSPS) is 19.5. The molecule has 0 saturated carbocycles. The highest BCUT2D eigenvalue weighted by Gasteiger charge is 2.58. The quantitative estimate of drug-likeness (QED) is 0.310. The van der Waals surface area contributed by atoms with Crippen LogP contribution in [0.4, 0.5) is 0 Å². The molecule has 4 rings (SSSR count). The Kier molecular flexibility index (Phi) is 7.23. The maximum absolute atomic E-state index is 13.8. The summed E-state index contributed by atoms with van der Waals surface area (Å²) >= 11 is 0. The zero-order chi connectivity index (χ0) is 25.3. The first-order valence-electron chi connectivity index (χ1n) is 12.4. The third-order valence-corrected chi connectivity index (χ3v) is 16.2. The van der Waals surface area contributed by atoms with Crippen molar-refractivity contribution < 1.29 is 8.42 Å². The Hall–Kier alpha value is -2.47. The highest BCUT2D eigenvalue weighted by molar-refractivity contribution is 7.89. The first-order valence-corrected chi connectivity index (χ1v) is 15.9. The monoisotopic (exact) mass is 503 g/mol. The van der Waals surface area contributed by atoms with Gasteiger partial charge < -0.3 is 0 Å². The van der Waals surface area contributed by atoms with E-state index in [1.54, 1.807) is 16.4 Å².